The maximum Gasteiger partial charge on any atom is 0.286 e. The molecule has 0 unspecified atom stereocenters. The third-order valence-corrected chi connectivity index (χ3v) is 5.36. The molecule has 2 aromatic carbocycles. The summed E-state index contributed by atoms with van der Waals surface area (Å²) in [7, 11) is 3.34. The van der Waals surface area contributed by atoms with Crippen LogP contribution in [0.5, 0.6) is 0 Å². The van der Waals surface area contributed by atoms with Gasteiger partial charge in [-0.1, -0.05) is 42.5 Å². The van der Waals surface area contributed by atoms with E-state index in [1.807, 2.05) is 30.3 Å². The van der Waals surface area contributed by atoms with Gasteiger partial charge in [-0.15, -0.1) is 0 Å². The Morgan fingerprint density at radius 2 is 1.76 bits per heavy atom. The molecule has 0 atom stereocenters. The first kappa shape index (κ1) is 20.6. The Morgan fingerprint density at radius 1 is 1.07 bits per heavy atom. The molecular weight excluding hydrogens is 388 g/mol. The highest BCUT2D eigenvalue weighted by molar-refractivity contribution is 8.13. The smallest absolute Gasteiger partial charge is 0.286 e. The van der Waals surface area contributed by atoms with Gasteiger partial charge in [0.05, 0.1) is 12.2 Å². The number of hydrazone groups is 1. The zero-order valence-corrected chi connectivity index (χ0v) is 17.1. The summed E-state index contributed by atoms with van der Waals surface area (Å²) >= 11 is 1.04. The van der Waals surface area contributed by atoms with E-state index in [2.05, 4.69) is 10.4 Å². The lowest BCUT2D eigenvalue weighted by atomic mass is 10.1. The van der Waals surface area contributed by atoms with E-state index in [4.69, 9.17) is 0 Å². The Hall–Kier alpha value is -3.13. The van der Waals surface area contributed by atoms with Gasteiger partial charge >= 0.3 is 0 Å². The fourth-order valence-corrected chi connectivity index (χ4v) is 3.43. The first-order valence-corrected chi connectivity index (χ1v) is 9.97. The minimum Gasteiger partial charge on any atom is -0.339 e. The third kappa shape index (κ3) is 5.45. The highest BCUT2D eigenvalue weighted by Gasteiger charge is 2.25. The molecule has 7 nitrogen and oxygen atoms in total. The molecule has 150 valence electrons. The fraction of sp³-hybridized carbons (Fsp3) is 0.238. The molecule has 1 aliphatic rings. The van der Waals surface area contributed by atoms with Crippen molar-refractivity contribution in [3.05, 3.63) is 60.2 Å². The van der Waals surface area contributed by atoms with Gasteiger partial charge in [-0.2, -0.15) is 5.10 Å². The predicted octanol–water partition coefficient (Wildman–Crippen LogP) is 3.58. The molecule has 8 heteroatoms. The van der Waals surface area contributed by atoms with Gasteiger partial charge in [-0.05, 0) is 29.5 Å². The molecule has 29 heavy (non-hydrogen) atoms. The van der Waals surface area contributed by atoms with Crippen LogP contribution in [-0.2, 0) is 16.1 Å². The zero-order chi connectivity index (χ0) is 20.8. The van der Waals surface area contributed by atoms with Crippen molar-refractivity contribution in [2.45, 2.75) is 24.3 Å². The van der Waals surface area contributed by atoms with Crippen LogP contribution in [0.4, 0.5) is 10.5 Å². The Kier molecular flexibility index (Phi) is 6.66. The van der Waals surface area contributed by atoms with Gasteiger partial charge in [-0.25, -0.2) is 5.01 Å². The van der Waals surface area contributed by atoms with Crippen molar-refractivity contribution in [3.63, 3.8) is 0 Å². The minimum absolute atomic E-state index is 0.113. The van der Waals surface area contributed by atoms with Crippen LogP contribution < -0.4 is 5.32 Å². The largest absolute Gasteiger partial charge is 0.339 e. The Labute approximate surface area is 173 Å². The minimum atomic E-state index is -0.374. The maximum atomic E-state index is 12.8. The van der Waals surface area contributed by atoms with E-state index < -0.39 is 0 Å². The number of benzene rings is 2. The van der Waals surface area contributed by atoms with E-state index >= 15 is 0 Å². The first-order valence-electron chi connectivity index (χ1n) is 9.15. The molecule has 0 saturated carbocycles. The number of para-hydroxylation sites is 1. The van der Waals surface area contributed by atoms with E-state index in [1.165, 1.54) is 9.91 Å². The number of hydrogen-bond acceptors (Lipinski definition) is 5. The topological polar surface area (TPSA) is 82.1 Å². The van der Waals surface area contributed by atoms with Gasteiger partial charge in [0, 0.05) is 31.8 Å². The number of anilines is 1. The van der Waals surface area contributed by atoms with E-state index in [0.29, 0.717) is 22.8 Å². The summed E-state index contributed by atoms with van der Waals surface area (Å²) in [6.45, 7) is 0.320. The molecular formula is C21H22N4O3S. The number of carbonyl (C=O) groups is 3. The highest BCUT2D eigenvalue weighted by Crippen LogP contribution is 2.29. The lowest BCUT2D eigenvalue weighted by molar-refractivity contribution is -0.132. The number of hydrogen-bond donors (Lipinski definition) is 1. The van der Waals surface area contributed by atoms with Crippen molar-refractivity contribution in [3.8, 4) is 0 Å². The Balaban J connectivity index is 1.74. The van der Waals surface area contributed by atoms with Gasteiger partial charge in [0.25, 0.3) is 11.1 Å². The van der Waals surface area contributed by atoms with Crippen LogP contribution in [-0.4, -0.2) is 46.8 Å². The van der Waals surface area contributed by atoms with Crippen LogP contribution in [0.2, 0.25) is 0 Å². The van der Waals surface area contributed by atoms with E-state index in [1.54, 1.807) is 38.4 Å². The van der Waals surface area contributed by atoms with Crippen LogP contribution >= 0.6 is 11.8 Å². The Bertz CT molecular complexity index is 944. The Morgan fingerprint density at radius 3 is 2.48 bits per heavy atom. The predicted molar refractivity (Wildman–Crippen MR) is 114 cm³/mol. The molecule has 0 spiro atoms. The second-order valence-corrected chi connectivity index (χ2v) is 7.69. The lowest BCUT2D eigenvalue weighted by Gasteiger charge is -2.23. The molecule has 0 bridgehead atoms. The lowest BCUT2D eigenvalue weighted by Crippen LogP contribution is -2.36. The summed E-state index contributed by atoms with van der Waals surface area (Å²) in [6, 6.07) is 16.6. The van der Waals surface area contributed by atoms with Gasteiger partial charge in [-0.3, -0.25) is 14.4 Å². The quantitative estimate of drug-likeness (QED) is 0.764. The van der Waals surface area contributed by atoms with Gasteiger partial charge < -0.3 is 10.2 Å². The number of amides is 3. The number of carbonyl (C=O) groups excluding carboxylic acids is 3. The summed E-state index contributed by atoms with van der Waals surface area (Å²) in [5.74, 6) is -0.487. The van der Waals surface area contributed by atoms with Gasteiger partial charge in [0.2, 0.25) is 5.91 Å². The molecule has 3 rings (SSSR count). The normalized spacial score (nSPS) is 13.7. The summed E-state index contributed by atoms with van der Waals surface area (Å²) in [4.78, 5) is 39.1. The SMILES string of the molecule is CN(C)C(=O)Sc1ccccc1NC(=O)C1=NN(Cc2ccccc2)C(=O)CC1. The van der Waals surface area contributed by atoms with E-state index in [-0.39, 0.29) is 29.9 Å². The highest BCUT2D eigenvalue weighted by atomic mass is 32.2. The van der Waals surface area contributed by atoms with E-state index in [9.17, 15) is 14.4 Å². The molecule has 0 aliphatic carbocycles. The van der Waals surface area contributed by atoms with Crippen molar-refractivity contribution in [1.29, 1.82) is 0 Å². The maximum absolute atomic E-state index is 12.8. The third-order valence-electron chi connectivity index (χ3n) is 4.24. The molecule has 1 heterocycles. The van der Waals surface area contributed by atoms with E-state index in [0.717, 1.165) is 17.3 Å². The molecule has 0 fully saturated rings. The standard InChI is InChI=1S/C21H22N4O3S/c1-24(2)21(28)29-18-11-7-6-10-16(18)22-20(27)17-12-13-19(26)25(23-17)14-15-8-4-3-5-9-15/h3-11H,12-14H2,1-2H3,(H,22,27). The second-order valence-electron chi connectivity index (χ2n) is 6.70. The number of nitrogens with one attached hydrogen (secondary N) is 1. The first-order chi connectivity index (χ1) is 13.9. The van der Waals surface area contributed by atoms with Crippen molar-refractivity contribution in [1.82, 2.24) is 9.91 Å². The van der Waals surface area contributed by atoms with Crippen molar-refractivity contribution < 1.29 is 14.4 Å². The number of rotatable bonds is 5. The van der Waals surface area contributed by atoms with Gasteiger partial charge in [0.15, 0.2) is 0 Å². The van der Waals surface area contributed by atoms with Crippen molar-refractivity contribution in [2.75, 3.05) is 19.4 Å². The number of thioether (sulfide) groups is 1. The summed E-state index contributed by atoms with van der Waals surface area (Å²) in [5, 5.41) is 8.30. The average molecular weight is 410 g/mol. The molecule has 3 amide bonds. The van der Waals surface area contributed by atoms with Crippen LogP contribution in [0.3, 0.4) is 0 Å². The molecule has 2 aromatic rings. The monoisotopic (exact) mass is 410 g/mol. The second kappa shape index (κ2) is 9.38. The van der Waals surface area contributed by atoms with Gasteiger partial charge in [0.1, 0.15) is 5.71 Å². The van der Waals surface area contributed by atoms with Crippen molar-refractivity contribution in [2.24, 2.45) is 5.10 Å². The van der Waals surface area contributed by atoms with Crippen LogP contribution in [0, 0.1) is 0 Å². The fourth-order valence-electron chi connectivity index (χ4n) is 2.68. The molecule has 1 aliphatic heterocycles. The summed E-state index contributed by atoms with van der Waals surface area (Å²) < 4.78 is 0. The summed E-state index contributed by atoms with van der Waals surface area (Å²) in [5.41, 5.74) is 1.77. The molecule has 1 N–H and O–H groups in total. The van der Waals surface area contributed by atoms with Crippen molar-refractivity contribution >= 4 is 40.2 Å². The molecule has 0 saturated heterocycles. The van der Waals surface area contributed by atoms with Crippen LogP contribution in [0.25, 0.3) is 0 Å². The molecule has 0 radical (unpaired) electrons. The van der Waals surface area contributed by atoms with Crippen LogP contribution in [0.1, 0.15) is 18.4 Å². The average Bonchev–Trinajstić information content (AvgIpc) is 2.71. The zero-order valence-electron chi connectivity index (χ0n) is 16.3. The van der Waals surface area contributed by atoms with Crippen LogP contribution in [0.15, 0.2) is 64.6 Å². The number of nitrogens with zero attached hydrogens (tertiary/aromatic N) is 3. The molecule has 0 aromatic heterocycles. The summed E-state index contributed by atoms with van der Waals surface area (Å²) in [6.07, 6.45) is 0.510.